The van der Waals surface area contributed by atoms with Crippen LogP contribution in [0.15, 0.2) is 18.3 Å². The van der Waals surface area contributed by atoms with Crippen molar-refractivity contribution in [3.8, 4) is 0 Å². The van der Waals surface area contributed by atoms with Gasteiger partial charge in [0, 0.05) is 13.1 Å². The molecule has 104 valence electrons. The Morgan fingerprint density at radius 3 is 2.89 bits per heavy atom. The minimum absolute atomic E-state index is 0.0346. The van der Waals surface area contributed by atoms with Crippen LogP contribution in [0.4, 0.5) is 11.5 Å². The fourth-order valence-corrected chi connectivity index (χ4v) is 2.50. The Morgan fingerprint density at radius 2 is 2.26 bits per heavy atom. The molecule has 19 heavy (non-hydrogen) atoms. The van der Waals surface area contributed by atoms with Crippen molar-refractivity contribution < 1.29 is 4.92 Å². The van der Waals surface area contributed by atoms with Gasteiger partial charge in [-0.05, 0) is 53.9 Å². The average molecular weight is 264 g/mol. The number of hydrogen-bond donors (Lipinski definition) is 1. The minimum atomic E-state index is -0.403. The Labute approximate surface area is 113 Å². The molecular weight excluding hydrogens is 244 g/mol. The first kappa shape index (κ1) is 13.7. The Morgan fingerprint density at radius 1 is 1.53 bits per heavy atom. The molecule has 0 radical (unpaired) electrons. The van der Waals surface area contributed by atoms with E-state index < -0.39 is 4.92 Å². The number of nitro groups is 1. The fourth-order valence-electron chi connectivity index (χ4n) is 2.50. The van der Waals surface area contributed by atoms with Crippen LogP contribution < -0.4 is 10.2 Å². The normalized spacial score (nSPS) is 16.6. The third kappa shape index (κ3) is 3.41. The van der Waals surface area contributed by atoms with Crippen molar-refractivity contribution in [1.29, 1.82) is 0 Å². The molecule has 1 aromatic rings. The molecule has 2 heterocycles. The van der Waals surface area contributed by atoms with E-state index >= 15 is 0 Å². The van der Waals surface area contributed by atoms with E-state index in [1.54, 1.807) is 12.1 Å². The van der Waals surface area contributed by atoms with E-state index in [0.717, 1.165) is 39.0 Å². The predicted octanol–water partition coefficient (Wildman–Crippen LogP) is 1.82. The molecule has 1 aromatic heterocycles. The summed E-state index contributed by atoms with van der Waals surface area (Å²) in [5.74, 6) is 0.638. The molecule has 0 aliphatic carbocycles. The molecular formula is C13H20N4O2. The maximum absolute atomic E-state index is 11.0. The summed E-state index contributed by atoms with van der Waals surface area (Å²) in [6, 6.07) is 3.54. The van der Waals surface area contributed by atoms with Gasteiger partial charge in [0.2, 0.25) is 0 Å². The molecule has 2 rings (SSSR count). The quantitative estimate of drug-likeness (QED) is 0.648. The van der Waals surface area contributed by atoms with Gasteiger partial charge in [0.25, 0.3) is 0 Å². The van der Waals surface area contributed by atoms with Crippen molar-refractivity contribution in [2.24, 2.45) is 5.92 Å². The van der Waals surface area contributed by atoms with E-state index in [1.165, 1.54) is 6.20 Å². The van der Waals surface area contributed by atoms with Crippen LogP contribution in [0.1, 0.15) is 19.8 Å². The average Bonchev–Trinajstić information content (AvgIpc) is 2.45. The second kappa shape index (κ2) is 6.47. The summed E-state index contributed by atoms with van der Waals surface area (Å²) in [6.45, 7) is 5.87. The molecule has 1 saturated heterocycles. The van der Waals surface area contributed by atoms with Crippen molar-refractivity contribution in [3.63, 3.8) is 0 Å². The number of pyridine rings is 1. The van der Waals surface area contributed by atoms with E-state index in [-0.39, 0.29) is 5.82 Å². The Kier molecular flexibility index (Phi) is 4.68. The first-order valence-corrected chi connectivity index (χ1v) is 6.77. The smallest absolute Gasteiger partial charge is 0.365 e. The zero-order valence-corrected chi connectivity index (χ0v) is 11.2. The van der Waals surface area contributed by atoms with Crippen LogP contribution in [-0.4, -0.2) is 36.1 Å². The zero-order chi connectivity index (χ0) is 13.7. The first-order valence-electron chi connectivity index (χ1n) is 6.77. The summed E-state index contributed by atoms with van der Waals surface area (Å²) in [5, 5.41) is 14.3. The van der Waals surface area contributed by atoms with Gasteiger partial charge in [0.05, 0.1) is 0 Å². The minimum Gasteiger partial charge on any atom is -0.365 e. The standard InChI is InChI=1S/C13H20N4O2/c1-2-14-10-11-5-8-16(9-6-11)12-4-3-7-15-13(12)17(18)19/h3-4,7,11,14H,2,5-6,8-10H2,1H3. The lowest BCUT2D eigenvalue weighted by molar-refractivity contribution is -0.388. The van der Waals surface area contributed by atoms with Crippen LogP contribution in [0.2, 0.25) is 0 Å². The highest BCUT2D eigenvalue weighted by molar-refractivity contribution is 5.59. The van der Waals surface area contributed by atoms with Crippen LogP contribution in [0.25, 0.3) is 0 Å². The van der Waals surface area contributed by atoms with Crippen molar-refractivity contribution >= 4 is 11.5 Å². The lowest BCUT2D eigenvalue weighted by Crippen LogP contribution is -2.37. The van der Waals surface area contributed by atoms with E-state index in [9.17, 15) is 10.1 Å². The van der Waals surface area contributed by atoms with E-state index in [1.807, 2.05) is 0 Å². The van der Waals surface area contributed by atoms with E-state index in [4.69, 9.17) is 0 Å². The lowest BCUT2D eigenvalue weighted by atomic mass is 9.96. The molecule has 0 aromatic carbocycles. The molecule has 1 aliphatic heterocycles. The Bertz CT molecular complexity index is 430. The molecule has 0 atom stereocenters. The number of piperidine rings is 1. The fraction of sp³-hybridized carbons (Fsp3) is 0.615. The monoisotopic (exact) mass is 264 g/mol. The number of hydrogen-bond acceptors (Lipinski definition) is 5. The van der Waals surface area contributed by atoms with Crippen LogP contribution >= 0.6 is 0 Å². The van der Waals surface area contributed by atoms with Gasteiger partial charge in [-0.15, -0.1) is 0 Å². The molecule has 0 saturated carbocycles. The van der Waals surface area contributed by atoms with Crippen molar-refractivity contribution in [2.75, 3.05) is 31.1 Å². The van der Waals surface area contributed by atoms with Gasteiger partial charge in [-0.1, -0.05) is 6.92 Å². The number of nitrogens with one attached hydrogen (secondary N) is 1. The van der Waals surface area contributed by atoms with Gasteiger partial charge in [0.1, 0.15) is 11.9 Å². The van der Waals surface area contributed by atoms with Crippen LogP contribution in [0, 0.1) is 16.0 Å². The SMILES string of the molecule is CCNCC1CCN(c2cccnc2[N+](=O)[O-])CC1. The third-order valence-electron chi connectivity index (χ3n) is 3.58. The molecule has 1 aliphatic rings. The van der Waals surface area contributed by atoms with Gasteiger partial charge in [-0.2, -0.15) is 0 Å². The highest BCUT2D eigenvalue weighted by atomic mass is 16.6. The van der Waals surface area contributed by atoms with Crippen molar-refractivity contribution in [2.45, 2.75) is 19.8 Å². The van der Waals surface area contributed by atoms with Gasteiger partial charge in [0.15, 0.2) is 0 Å². The second-order valence-corrected chi connectivity index (χ2v) is 4.84. The van der Waals surface area contributed by atoms with Crippen LogP contribution in [0.3, 0.4) is 0 Å². The van der Waals surface area contributed by atoms with Gasteiger partial charge >= 0.3 is 5.82 Å². The summed E-state index contributed by atoms with van der Waals surface area (Å²) in [7, 11) is 0. The molecule has 0 amide bonds. The summed E-state index contributed by atoms with van der Waals surface area (Å²) in [6.07, 6.45) is 3.61. The lowest BCUT2D eigenvalue weighted by Gasteiger charge is -2.33. The molecule has 6 heteroatoms. The number of rotatable bonds is 5. The number of anilines is 1. The summed E-state index contributed by atoms with van der Waals surface area (Å²) in [5.41, 5.74) is 0.648. The number of nitrogens with zero attached hydrogens (tertiary/aromatic N) is 3. The van der Waals surface area contributed by atoms with Gasteiger partial charge < -0.3 is 20.3 Å². The molecule has 0 bridgehead atoms. The van der Waals surface area contributed by atoms with E-state index in [2.05, 4.69) is 22.1 Å². The summed E-state index contributed by atoms with van der Waals surface area (Å²) < 4.78 is 0. The molecule has 1 N–H and O–H groups in total. The van der Waals surface area contributed by atoms with Crippen LogP contribution in [-0.2, 0) is 0 Å². The molecule has 6 nitrogen and oxygen atoms in total. The maximum atomic E-state index is 11.0. The maximum Gasteiger partial charge on any atom is 0.387 e. The van der Waals surface area contributed by atoms with Crippen LogP contribution in [0.5, 0.6) is 0 Å². The topological polar surface area (TPSA) is 71.3 Å². The summed E-state index contributed by atoms with van der Waals surface area (Å²) >= 11 is 0. The highest BCUT2D eigenvalue weighted by Crippen LogP contribution is 2.29. The third-order valence-corrected chi connectivity index (χ3v) is 3.58. The molecule has 1 fully saturated rings. The van der Waals surface area contributed by atoms with Crippen molar-refractivity contribution in [3.05, 3.63) is 28.4 Å². The molecule has 0 spiro atoms. The molecule has 0 unspecified atom stereocenters. The van der Waals surface area contributed by atoms with E-state index in [0.29, 0.717) is 11.6 Å². The van der Waals surface area contributed by atoms with Crippen molar-refractivity contribution in [1.82, 2.24) is 10.3 Å². The summed E-state index contributed by atoms with van der Waals surface area (Å²) in [4.78, 5) is 16.5. The predicted molar refractivity (Wildman–Crippen MR) is 74.4 cm³/mol. The first-order chi connectivity index (χ1) is 9.22. The largest absolute Gasteiger partial charge is 0.387 e. The zero-order valence-electron chi connectivity index (χ0n) is 11.2. The second-order valence-electron chi connectivity index (χ2n) is 4.84. The van der Waals surface area contributed by atoms with Gasteiger partial charge in [-0.3, -0.25) is 0 Å². The highest BCUT2D eigenvalue weighted by Gasteiger charge is 2.24. The number of aromatic nitrogens is 1. The Hall–Kier alpha value is -1.69. The van der Waals surface area contributed by atoms with Gasteiger partial charge in [-0.25, -0.2) is 0 Å². The Balaban J connectivity index is 2.00.